The molecule has 0 atom stereocenters. The van der Waals surface area contributed by atoms with Crippen LogP contribution in [0.2, 0.25) is 0 Å². The van der Waals surface area contributed by atoms with Crippen molar-refractivity contribution in [1.29, 1.82) is 0 Å². The molecule has 0 amide bonds. The van der Waals surface area contributed by atoms with Crippen molar-refractivity contribution in [2.24, 2.45) is 0 Å². The summed E-state index contributed by atoms with van der Waals surface area (Å²) in [6.07, 6.45) is 3.05. The molecule has 3 aromatic rings. The SMILES string of the molecule is O=C(CCCc1ccccc1)Cc1ccc(-c2cc(=S)ss2)cc1. The molecule has 4 heteroatoms. The molecule has 1 aromatic heterocycles. The Morgan fingerprint density at radius 1 is 0.917 bits per heavy atom. The Labute approximate surface area is 155 Å². The second-order valence-electron chi connectivity index (χ2n) is 5.75. The smallest absolute Gasteiger partial charge is 0.137 e. The zero-order chi connectivity index (χ0) is 16.8. The summed E-state index contributed by atoms with van der Waals surface area (Å²) >= 11 is 5.18. The summed E-state index contributed by atoms with van der Waals surface area (Å²) in [5.74, 6) is 0.310. The second-order valence-corrected chi connectivity index (χ2v) is 8.66. The van der Waals surface area contributed by atoms with Gasteiger partial charge < -0.3 is 0 Å². The summed E-state index contributed by atoms with van der Waals surface area (Å²) in [4.78, 5) is 13.4. The van der Waals surface area contributed by atoms with Gasteiger partial charge in [0.15, 0.2) is 0 Å². The molecule has 0 saturated heterocycles. The molecular formula is C20H18OS3. The first kappa shape index (κ1) is 17.2. The van der Waals surface area contributed by atoms with Crippen LogP contribution in [0.4, 0.5) is 0 Å². The number of aryl methyl sites for hydroxylation is 1. The summed E-state index contributed by atoms with van der Waals surface area (Å²) < 4.78 is 0.924. The second kappa shape index (κ2) is 8.47. The normalized spacial score (nSPS) is 10.7. The van der Waals surface area contributed by atoms with Gasteiger partial charge in [0.05, 0.1) is 0 Å². The van der Waals surface area contributed by atoms with Gasteiger partial charge in [-0.05, 0) is 35.6 Å². The van der Waals surface area contributed by atoms with Crippen molar-refractivity contribution >= 4 is 38.7 Å². The van der Waals surface area contributed by atoms with E-state index in [1.165, 1.54) is 16.0 Å². The van der Waals surface area contributed by atoms with E-state index in [4.69, 9.17) is 12.2 Å². The molecule has 0 spiro atoms. The van der Waals surface area contributed by atoms with E-state index in [1.54, 1.807) is 20.7 Å². The van der Waals surface area contributed by atoms with Gasteiger partial charge in [-0.25, -0.2) is 0 Å². The van der Waals surface area contributed by atoms with Crippen molar-refractivity contribution in [2.75, 3.05) is 0 Å². The molecule has 1 heterocycles. The van der Waals surface area contributed by atoms with Crippen LogP contribution >= 0.6 is 32.9 Å². The molecule has 0 aliphatic carbocycles. The number of carbonyl (C=O) groups excluding carboxylic acids is 1. The number of ketones is 1. The van der Waals surface area contributed by atoms with Gasteiger partial charge in [0.1, 0.15) is 9.61 Å². The van der Waals surface area contributed by atoms with Gasteiger partial charge in [0.2, 0.25) is 0 Å². The highest BCUT2D eigenvalue weighted by Crippen LogP contribution is 2.29. The highest BCUT2D eigenvalue weighted by Gasteiger charge is 2.06. The fourth-order valence-electron chi connectivity index (χ4n) is 2.61. The third kappa shape index (κ3) is 4.94. The molecule has 0 bridgehead atoms. The van der Waals surface area contributed by atoms with E-state index in [1.807, 2.05) is 24.3 Å². The Bertz CT molecular complexity index is 844. The van der Waals surface area contributed by atoms with Crippen LogP contribution in [0.15, 0.2) is 60.7 Å². The lowest BCUT2D eigenvalue weighted by Crippen LogP contribution is -2.03. The zero-order valence-electron chi connectivity index (χ0n) is 13.2. The molecule has 0 fully saturated rings. The maximum atomic E-state index is 12.2. The number of carbonyl (C=O) groups is 1. The van der Waals surface area contributed by atoms with Gasteiger partial charge in [-0.15, -0.1) is 0 Å². The Hall–Kier alpha value is -1.62. The summed E-state index contributed by atoms with van der Waals surface area (Å²) in [6, 6.07) is 20.6. The number of Topliss-reactive ketones (excluding diaryl/α,β-unsaturated/α-hetero) is 1. The average molecular weight is 371 g/mol. The molecular weight excluding hydrogens is 352 g/mol. The van der Waals surface area contributed by atoms with E-state index in [0.717, 1.165) is 22.2 Å². The monoisotopic (exact) mass is 370 g/mol. The van der Waals surface area contributed by atoms with Gasteiger partial charge >= 0.3 is 0 Å². The van der Waals surface area contributed by atoms with Crippen LogP contribution < -0.4 is 0 Å². The lowest BCUT2D eigenvalue weighted by Gasteiger charge is -2.04. The van der Waals surface area contributed by atoms with Gasteiger partial charge in [0, 0.05) is 17.7 Å². The van der Waals surface area contributed by atoms with Crippen molar-refractivity contribution in [3.63, 3.8) is 0 Å². The van der Waals surface area contributed by atoms with E-state index in [9.17, 15) is 4.79 Å². The highest BCUT2D eigenvalue weighted by molar-refractivity contribution is 7.80. The Kier molecular flexibility index (Phi) is 6.07. The molecule has 0 radical (unpaired) electrons. The van der Waals surface area contributed by atoms with Gasteiger partial charge in [0.25, 0.3) is 0 Å². The van der Waals surface area contributed by atoms with E-state index in [2.05, 4.69) is 36.4 Å². The minimum absolute atomic E-state index is 0.310. The predicted molar refractivity (Wildman–Crippen MR) is 107 cm³/mol. The van der Waals surface area contributed by atoms with Crippen LogP contribution in [0.25, 0.3) is 10.4 Å². The van der Waals surface area contributed by atoms with Crippen LogP contribution in [0.3, 0.4) is 0 Å². The summed E-state index contributed by atoms with van der Waals surface area (Å²) in [5, 5.41) is 0. The maximum absolute atomic E-state index is 12.2. The Balaban J connectivity index is 1.50. The molecule has 0 saturated carbocycles. The molecule has 0 aliphatic heterocycles. The minimum atomic E-state index is 0.310. The third-order valence-corrected chi connectivity index (χ3v) is 6.78. The first-order chi connectivity index (χ1) is 11.7. The molecule has 0 N–H and O–H groups in total. The zero-order valence-corrected chi connectivity index (χ0v) is 15.7. The number of hydrogen-bond acceptors (Lipinski definition) is 4. The van der Waals surface area contributed by atoms with E-state index in [0.29, 0.717) is 18.6 Å². The largest absolute Gasteiger partial charge is 0.299 e. The predicted octanol–water partition coefficient (Wildman–Crippen LogP) is 6.34. The van der Waals surface area contributed by atoms with E-state index < -0.39 is 0 Å². The molecule has 24 heavy (non-hydrogen) atoms. The molecule has 122 valence electrons. The third-order valence-electron chi connectivity index (χ3n) is 3.87. The van der Waals surface area contributed by atoms with Crippen LogP contribution in [0.5, 0.6) is 0 Å². The Morgan fingerprint density at radius 2 is 1.67 bits per heavy atom. The standard InChI is InChI=1S/C20H18OS3/c21-18(8-4-7-15-5-2-1-3-6-15)13-16-9-11-17(12-10-16)19-14-20(22)24-23-19/h1-3,5-6,9-12,14H,4,7-8,13H2. The summed E-state index contributed by atoms with van der Waals surface area (Å²) in [6.45, 7) is 0. The Morgan fingerprint density at radius 3 is 2.33 bits per heavy atom. The van der Waals surface area contributed by atoms with Crippen LogP contribution in [0, 0.1) is 3.82 Å². The van der Waals surface area contributed by atoms with Gasteiger partial charge in [-0.2, -0.15) is 0 Å². The highest BCUT2D eigenvalue weighted by atomic mass is 32.9. The van der Waals surface area contributed by atoms with Crippen molar-refractivity contribution < 1.29 is 4.79 Å². The van der Waals surface area contributed by atoms with Crippen molar-refractivity contribution in [1.82, 2.24) is 0 Å². The summed E-state index contributed by atoms with van der Waals surface area (Å²) in [7, 11) is 3.33. The topological polar surface area (TPSA) is 17.1 Å². The number of hydrogen-bond donors (Lipinski definition) is 0. The average Bonchev–Trinajstić information content (AvgIpc) is 3.03. The van der Waals surface area contributed by atoms with Crippen LogP contribution in [-0.2, 0) is 17.6 Å². The van der Waals surface area contributed by atoms with Crippen LogP contribution in [0.1, 0.15) is 24.0 Å². The fourth-order valence-corrected chi connectivity index (χ4v) is 5.01. The number of benzene rings is 2. The van der Waals surface area contributed by atoms with Crippen molar-refractivity contribution in [2.45, 2.75) is 25.7 Å². The van der Waals surface area contributed by atoms with E-state index in [-0.39, 0.29) is 0 Å². The number of rotatable bonds is 7. The molecule has 2 aromatic carbocycles. The van der Waals surface area contributed by atoms with Crippen LogP contribution in [-0.4, -0.2) is 5.78 Å². The quantitative estimate of drug-likeness (QED) is 0.356. The fraction of sp³-hybridized carbons (Fsp3) is 0.200. The lowest BCUT2D eigenvalue weighted by molar-refractivity contribution is -0.118. The first-order valence-corrected chi connectivity index (χ1v) is 10.5. The van der Waals surface area contributed by atoms with Gasteiger partial charge in [-0.1, -0.05) is 87.5 Å². The molecule has 1 nitrogen and oxygen atoms in total. The molecule has 0 aliphatic rings. The lowest BCUT2D eigenvalue weighted by atomic mass is 10.0. The first-order valence-electron chi connectivity index (χ1n) is 7.96. The maximum Gasteiger partial charge on any atom is 0.137 e. The van der Waals surface area contributed by atoms with Crippen molar-refractivity contribution in [3.8, 4) is 10.4 Å². The van der Waals surface area contributed by atoms with Crippen molar-refractivity contribution in [3.05, 3.63) is 75.6 Å². The molecule has 0 unspecified atom stereocenters. The minimum Gasteiger partial charge on any atom is -0.299 e. The van der Waals surface area contributed by atoms with Gasteiger partial charge in [-0.3, -0.25) is 4.79 Å². The summed E-state index contributed by atoms with van der Waals surface area (Å²) in [5.41, 5.74) is 3.56. The molecule has 3 rings (SSSR count). The van der Waals surface area contributed by atoms with E-state index >= 15 is 0 Å².